The second-order valence-corrected chi connectivity index (χ2v) is 6.30. The van der Waals surface area contributed by atoms with Crippen LogP contribution in [0.3, 0.4) is 0 Å². The number of aliphatic carboxylic acids is 1. The van der Waals surface area contributed by atoms with Gasteiger partial charge in [-0.3, -0.25) is 4.79 Å². The number of carboxylic acids is 1. The summed E-state index contributed by atoms with van der Waals surface area (Å²) in [5.41, 5.74) is 0.579. The van der Waals surface area contributed by atoms with E-state index in [9.17, 15) is 17.6 Å². The van der Waals surface area contributed by atoms with Crippen molar-refractivity contribution >= 4 is 16.0 Å². The first kappa shape index (κ1) is 15.6. The van der Waals surface area contributed by atoms with E-state index < -0.39 is 38.7 Å². The molecule has 0 aliphatic heterocycles. The predicted molar refractivity (Wildman–Crippen MR) is 67.7 cm³/mol. The van der Waals surface area contributed by atoms with E-state index in [1.807, 2.05) is 4.72 Å². The molecule has 1 aromatic rings. The van der Waals surface area contributed by atoms with Crippen LogP contribution >= 0.6 is 0 Å². The molecule has 1 unspecified atom stereocenters. The monoisotopic (exact) mass is 289 g/mol. The van der Waals surface area contributed by atoms with E-state index in [1.165, 1.54) is 6.07 Å². The summed E-state index contributed by atoms with van der Waals surface area (Å²) in [6, 6.07) is 2.35. The molecule has 5 nitrogen and oxygen atoms in total. The second kappa shape index (κ2) is 5.66. The first-order valence-corrected chi connectivity index (χ1v) is 7.14. The van der Waals surface area contributed by atoms with Crippen molar-refractivity contribution in [3.63, 3.8) is 0 Å². The highest BCUT2D eigenvalue weighted by Crippen LogP contribution is 2.17. The van der Waals surface area contributed by atoms with Crippen LogP contribution in [0.25, 0.3) is 0 Å². The van der Waals surface area contributed by atoms with Crippen molar-refractivity contribution < 1.29 is 22.7 Å². The molecule has 0 radical (unpaired) electrons. The molecule has 0 aromatic heterocycles. The maximum absolute atomic E-state index is 13.6. The zero-order chi connectivity index (χ0) is 14.8. The first-order valence-electron chi connectivity index (χ1n) is 5.66. The Labute approximate surface area is 111 Å². The van der Waals surface area contributed by atoms with Gasteiger partial charge in [-0.15, -0.1) is 0 Å². The van der Waals surface area contributed by atoms with Crippen molar-refractivity contribution in [3.05, 3.63) is 29.6 Å². The van der Waals surface area contributed by atoms with Gasteiger partial charge in [0.1, 0.15) is 16.8 Å². The fourth-order valence-electron chi connectivity index (χ4n) is 1.53. The van der Waals surface area contributed by atoms with Crippen molar-refractivity contribution in [1.82, 2.24) is 4.72 Å². The summed E-state index contributed by atoms with van der Waals surface area (Å²) in [5.74, 6) is -2.66. The van der Waals surface area contributed by atoms with E-state index in [0.29, 0.717) is 5.56 Å². The summed E-state index contributed by atoms with van der Waals surface area (Å²) in [7, 11) is -4.20. The summed E-state index contributed by atoms with van der Waals surface area (Å²) in [6.07, 6.45) is 0. The molecule has 0 saturated carbocycles. The van der Waals surface area contributed by atoms with Gasteiger partial charge in [-0.25, -0.2) is 12.8 Å². The first-order chi connectivity index (χ1) is 8.65. The van der Waals surface area contributed by atoms with Crippen LogP contribution < -0.4 is 4.72 Å². The summed E-state index contributed by atoms with van der Waals surface area (Å²) in [4.78, 5) is 10.4. The van der Waals surface area contributed by atoms with Crippen molar-refractivity contribution in [1.29, 1.82) is 0 Å². The number of hydrogen-bond acceptors (Lipinski definition) is 3. The van der Waals surface area contributed by atoms with Crippen molar-refractivity contribution in [2.24, 2.45) is 5.92 Å². The Hall–Kier alpha value is -1.47. The molecule has 1 rings (SSSR count). The quantitative estimate of drug-likeness (QED) is 0.861. The van der Waals surface area contributed by atoms with Crippen molar-refractivity contribution in [2.45, 2.75) is 31.7 Å². The maximum atomic E-state index is 13.6. The fraction of sp³-hybridized carbons (Fsp3) is 0.417. The Kier molecular flexibility index (Phi) is 4.65. The number of carboxylic acid groups (broad SMARTS) is 1. The molecule has 106 valence electrons. The Morgan fingerprint density at radius 3 is 2.37 bits per heavy atom. The Balaban J connectivity index is 3.14. The summed E-state index contributed by atoms with van der Waals surface area (Å²) < 4.78 is 39.6. The minimum Gasteiger partial charge on any atom is -0.480 e. The third kappa shape index (κ3) is 3.74. The third-order valence-corrected chi connectivity index (χ3v) is 4.07. The molecule has 2 N–H and O–H groups in total. The molecule has 0 aliphatic rings. The van der Waals surface area contributed by atoms with Crippen LogP contribution in [-0.2, 0) is 14.8 Å². The van der Waals surface area contributed by atoms with E-state index in [1.54, 1.807) is 20.8 Å². The summed E-state index contributed by atoms with van der Waals surface area (Å²) in [6.45, 7) is 4.75. The lowest BCUT2D eigenvalue weighted by molar-refractivity contribution is -0.140. The maximum Gasteiger partial charge on any atom is 0.322 e. The standard InChI is InChI=1S/C12H16FNO4S/c1-7(2)11(12(15)16)14-19(17,18)10-5-4-8(3)6-9(10)13/h4-7,11,14H,1-3H3,(H,15,16). The normalized spacial score (nSPS) is 13.5. The van der Waals surface area contributed by atoms with Gasteiger partial charge >= 0.3 is 5.97 Å². The van der Waals surface area contributed by atoms with E-state index in [-0.39, 0.29) is 0 Å². The summed E-state index contributed by atoms with van der Waals surface area (Å²) in [5, 5.41) is 8.95. The molecule has 1 atom stereocenters. The van der Waals surface area contributed by atoms with Gasteiger partial charge in [0.15, 0.2) is 0 Å². The minimum absolute atomic E-state index is 0.458. The van der Waals surface area contributed by atoms with Gasteiger partial charge in [-0.1, -0.05) is 19.9 Å². The molecule has 7 heteroatoms. The van der Waals surface area contributed by atoms with Gasteiger partial charge in [0.05, 0.1) is 0 Å². The Morgan fingerprint density at radius 1 is 1.37 bits per heavy atom. The molecule has 0 saturated heterocycles. The lowest BCUT2D eigenvalue weighted by atomic mass is 10.1. The molecule has 1 aromatic carbocycles. The number of benzene rings is 1. The van der Waals surface area contributed by atoms with Crippen LogP contribution in [0.15, 0.2) is 23.1 Å². The van der Waals surface area contributed by atoms with E-state index >= 15 is 0 Å². The van der Waals surface area contributed by atoms with Crippen molar-refractivity contribution in [2.75, 3.05) is 0 Å². The Morgan fingerprint density at radius 2 is 1.95 bits per heavy atom. The van der Waals surface area contributed by atoms with Gasteiger partial charge in [-0.05, 0) is 30.5 Å². The van der Waals surface area contributed by atoms with Crippen LogP contribution in [-0.4, -0.2) is 25.5 Å². The van der Waals surface area contributed by atoms with Crippen LogP contribution in [0.2, 0.25) is 0 Å². The molecular weight excluding hydrogens is 273 g/mol. The van der Waals surface area contributed by atoms with Crippen LogP contribution in [0.4, 0.5) is 4.39 Å². The minimum atomic E-state index is -4.20. The number of sulfonamides is 1. The van der Waals surface area contributed by atoms with Gasteiger partial charge in [0, 0.05) is 0 Å². The predicted octanol–water partition coefficient (Wildman–Crippen LogP) is 1.52. The van der Waals surface area contributed by atoms with Crippen LogP contribution in [0.5, 0.6) is 0 Å². The highest BCUT2D eigenvalue weighted by molar-refractivity contribution is 7.89. The Bertz CT molecular complexity index is 583. The molecular formula is C12H16FNO4S. The number of aryl methyl sites for hydroxylation is 1. The lowest BCUT2D eigenvalue weighted by Gasteiger charge is -2.18. The molecule has 0 spiro atoms. The molecule has 0 amide bonds. The largest absolute Gasteiger partial charge is 0.480 e. The number of halogens is 1. The van der Waals surface area contributed by atoms with Gasteiger partial charge in [0.2, 0.25) is 10.0 Å². The average molecular weight is 289 g/mol. The van der Waals surface area contributed by atoms with Gasteiger partial charge < -0.3 is 5.11 Å². The van der Waals surface area contributed by atoms with E-state index in [2.05, 4.69) is 0 Å². The highest BCUT2D eigenvalue weighted by atomic mass is 32.2. The number of rotatable bonds is 5. The molecule has 19 heavy (non-hydrogen) atoms. The van der Waals surface area contributed by atoms with Crippen molar-refractivity contribution in [3.8, 4) is 0 Å². The smallest absolute Gasteiger partial charge is 0.322 e. The number of hydrogen-bond donors (Lipinski definition) is 2. The zero-order valence-electron chi connectivity index (χ0n) is 10.8. The second-order valence-electron chi connectivity index (χ2n) is 4.62. The van der Waals surface area contributed by atoms with E-state index in [0.717, 1.165) is 12.1 Å². The average Bonchev–Trinajstić information content (AvgIpc) is 2.24. The number of carbonyl (C=O) groups is 1. The van der Waals surface area contributed by atoms with Gasteiger partial charge in [0.25, 0.3) is 0 Å². The SMILES string of the molecule is Cc1ccc(S(=O)(=O)NC(C(=O)O)C(C)C)c(F)c1. The lowest BCUT2D eigenvalue weighted by Crippen LogP contribution is -2.44. The fourth-order valence-corrected chi connectivity index (χ4v) is 2.92. The zero-order valence-corrected chi connectivity index (χ0v) is 11.7. The number of nitrogens with one attached hydrogen (secondary N) is 1. The summed E-state index contributed by atoms with van der Waals surface area (Å²) >= 11 is 0. The van der Waals surface area contributed by atoms with Gasteiger partial charge in [-0.2, -0.15) is 4.72 Å². The third-order valence-electron chi connectivity index (χ3n) is 2.59. The highest BCUT2D eigenvalue weighted by Gasteiger charge is 2.29. The molecule has 0 aliphatic carbocycles. The topological polar surface area (TPSA) is 83.5 Å². The van der Waals surface area contributed by atoms with Crippen LogP contribution in [0.1, 0.15) is 19.4 Å². The molecule has 0 heterocycles. The molecule has 0 fully saturated rings. The molecule has 0 bridgehead atoms. The van der Waals surface area contributed by atoms with E-state index in [4.69, 9.17) is 5.11 Å². The van der Waals surface area contributed by atoms with Crippen LogP contribution in [0, 0.1) is 18.7 Å².